The molecule has 0 bridgehead atoms. The third-order valence-electron chi connectivity index (χ3n) is 3.85. The molecule has 0 aromatic rings. The first kappa shape index (κ1) is 14.7. The van der Waals surface area contributed by atoms with Crippen LogP contribution in [0.15, 0.2) is 16.8 Å². The van der Waals surface area contributed by atoms with Gasteiger partial charge in [0, 0.05) is 11.6 Å². The molecule has 0 aromatic heterocycles. The second-order valence-corrected chi connectivity index (χ2v) is 5.41. The van der Waals surface area contributed by atoms with Crippen molar-refractivity contribution >= 4 is 11.7 Å². The summed E-state index contributed by atoms with van der Waals surface area (Å²) in [6.07, 6.45) is 5.42. The molecular formula is C14H25N3O. The highest BCUT2D eigenvalue weighted by Crippen LogP contribution is 2.34. The second kappa shape index (κ2) is 6.57. The van der Waals surface area contributed by atoms with Crippen LogP contribution >= 0.6 is 0 Å². The molecule has 3 N–H and O–H groups in total. The minimum Gasteiger partial charge on any atom is -0.350 e. The molecule has 2 unspecified atom stereocenters. The Morgan fingerprint density at radius 2 is 2.28 bits per heavy atom. The topological polar surface area (TPSA) is 67.5 Å². The summed E-state index contributed by atoms with van der Waals surface area (Å²) in [7, 11) is 0. The van der Waals surface area contributed by atoms with Gasteiger partial charge in [-0.1, -0.05) is 32.4 Å². The van der Waals surface area contributed by atoms with Gasteiger partial charge in [-0.15, -0.1) is 0 Å². The predicted octanol–water partition coefficient (Wildman–Crippen LogP) is 3.05. The van der Waals surface area contributed by atoms with Gasteiger partial charge >= 0.3 is 6.03 Å². The number of amides is 2. The molecule has 0 aromatic carbocycles. The molecule has 2 atom stereocenters. The summed E-state index contributed by atoms with van der Waals surface area (Å²) in [5.74, 6) is 1.73. The molecule has 1 rings (SSSR count). The van der Waals surface area contributed by atoms with Crippen LogP contribution in [0.3, 0.4) is 0 Å². The number of hydrazone groups is 1. The van der Waals surface area contributed by atoms with E-state index in [0.717, 1.165) is 25.0 Å². The lowest BCUT2D eigenvalue weighted by molar-refractivity contribution is 0.249. The molecule has 102 valence electrons. The summed E-state index contributed by atoms with van der Waals surface area (Å²) >= 11 is 0. The van der Waals surface area contributed by atoms with E-state index in [4.69, 9.17) is 5.73 Å². The van der Waals surface area contributed by atoms with Crippen LogP contribution in [0, 0.1) is 17.8 Å². The van der Waals surface area contributed by atoms with Gasteiger partial charge in [0.05, 0.1) is 0 Å². The van der Waals surface area contributed by atoms with Gasteiger partial charge in [-0.05, 0) is 38.0 Å². The Hall–Kier alpha value is -1.32. The van der Waals surface area contributed by atoms with Gasteiger partial charge in [-0.3, -0.25) is 0 Å². The fourth-order valence-corrected chi connectivity index (χ4v) is 2.54. The van der Waals surface area contributed by atoms with E-state index in [2.05, 4.69) is 44.3 Å². The first-order valence-corrected chi connectivity index (χ1v) is 6.74. The Morgan fingerprint density at radius 3 is 2.78 bits per heavy atom. The summed E-state index contributed by atoms with van der Waals surface area (Å²) in [6.45, 7) is 8.74. The monoisotopic (exact) mass is 251 g/mol. The number of carbonyl (C=O) groups excluding carboxylic acids is 1. The molecule has 0 spiro atoms. The van der Waals surface area contributed by atoms with E-state index in [1.807, 2.05) is 0 Å². The highest BCUT2D eigenvalue weighted by atomic mass is 16.2. The van der Waals surface area contributed by atoms with Gasteiger partial charge in [0.25, 0.3) is 0 Å². The number of primary amides is 1. The molecule has 2 amide bonds. The van der Waals surface area contributed by atoms with Gasteiger partial charge in [0.1, 0.15) is 0 Å². The van der Waals surface area contributed by atoms with Crippen molar-refractivity contribution in [2.24, 2.45) is 28.6 Å². The van der Waals surface area contributed by atoms with Gasteiger partial charge in [-0.25, -0.2) is 10.2 Å². The van der Waals surface area contributed by atoms with Crippen LogP contribution in [0.1, 0.15) is 47.0 Å². The Labute approximate surface area is 110 Å². The van der Waals surface area contributed by atoms with Crippen LogP contribution in [-0.4, -0.2) is 11.7 Å². The van der Waals surface area contributed by atoms with Crippen molar-refractivity contribution < 1.29 is 4.79 Å². The normalized spacial score (nSPS) is 24.9. The minimum absolute atomic E-state index is 0.350. The lowest BCUT2D eigenvalue weighted by atomic mass is 9.74. The lowest BCUT2D eigenvalue weighted by Gasteiger charge is -2.31. The maximum absolute atomic E-state index is 10.7. The van der Waals surface area contributed by atoms with Crippen LogP contribution < -0.4 is 11.2 Å². The summed E-state index contributed by atoms with van der Waals surface area (Å²) in [5.41, 5.74) is 9.80. The average molecular weight is 251 g/mol. The van der Waals surface area contributed by atoms with Crippen LogP contribution in [0.2, 0.25) is 0 Å². The first-order valence-electron chi connectivity index (χ1n) is 6.74. The van der Waals surface area contributed by atoms with Gasteiger partial charge < -0.3 is 5.73 Å². The van der Waals surface area contributed by atoms with Crippen molar-refractivity contribution in [1.29, 1.82) is 0 Å². The summed E-state index contributed by atoms with van der Waals surface area (Å²) < 4.78 is 0. The number of nitrogens with one attached hydrogen (secondary N) is 1. The Bertz CT molecular complexity index is 358. The number of urea groups is 1. The van der Waals surface area contributed by atoms with Crippen molar-refractivity contribution in [3.8, 4) is 0 Å². The van der Waals surface area contributed by atoms with Crippen molar-refractivity contribution in [2.45, 2.75) is 47.0 Å². The number of hydrogen-bond acceptors (Lipinski definition) is 2. The van der Waals surface area contributed by atoms with E-state index in [1.54, 1.807) is 0 Å². The lowest BCUT2D eigenvalue weighted by Crippen LogP contribution is -2.30. The van der Waals surface area contributed by atoms with Crippen molar-refractivity contribution in [3.05, 3.63) is 11.6 Å². The summed E-state index contributed by atoms with van der Waals surface area (Å²) in [6, 6.07) is -0.598. The van der Waals surface area contributed by atoms with E-state index in [-0.39, 0.29) is 0 Å². The molecule has 4 heteroatoms. The highest BCUT2D eigenvalue weighted by Gasteiger charge is 2.27. The number of allylic oxidation sites excluding steroid dienone is 2. The van der Waals surface area contributed by atoms with E-state index in [9.17, 15) is 4.79 Å². The Balaban J connectivity index is 2.84. The van der Waals surface area contributed by atoms with Crippen LogP contribution in [-0.2, 0) is 0 Å². The molecule has 0 heterocycles. The molecule has 0 aliphatic heterocycles. The van der Waals surface area contributed by atoms with Crippen LogP contribution in [0.25, 0.3) is 0 Å². The van der Waals surface area contributed by atoms with E-state index >= 15 is 0 Å². The zero-order chi connectivity index (χ0) is 13.7. The van der Waals surface area contributed by atoms with E-state index in [0.29, 0.717) is 17.8 Å². The largest absolute Gasteiger partial charge is 0.350 e. The second-order valence-electron chi connectivity index (χ2n) is 5.41. The van der Waals surface area contributed by atoms with Crippen LogP contribution in [0.5, 0.6) is 0 Å². The SMILES string of the molecule is CCC(=NNC(N)=O)C1CC(C(C)C)CC=C1C. The zero-order valence-corrected chi connectivity index (χ0v) is 11.9. The zero-order valence-electron chi connectivity index (χ0n) is 11.9. The number of nitrogens with two attached hydrogens (primary N) is 1. The van der Waals surface area contributed by atoms with E-state index in [1.165, 1.54) is 5.57 Å². The first-order chi connectivity index (χ1) is 8.45. The third kappa shape index (κ3) is 3.86. The summed E-state index contributed by atoms with van der Waals surface area (Å²) in [5, 5.41) is 4.16. The maximum atomic E-state index is 10.7. The van der Waals surface area contributed by atoms with Gasteiger partial charge in [-0.2, -0.15) is 5.10 Å². The number of rotatable bonds is 4. The molecule has 1 aliphatic carbocycles. The molecule has 1 aliphatic rings. The average Bonchev–Trinajstić information content (AvgIpc) is 2.31. The van der Waals surface area contributed by atoms with Crippen molar-refractivity contribution in [2.75, 3.05) is 0 Å². The molecule has 0 saturated heterocycles. The molecular weight excluding hydrogens is 226 g/mol. The molecule has 18 heavy (non-hydrogen) atoms. The Kier molecular flexibility index (Phi) is 5.38. The minimum atomic E-state index is -0.598. The molecule has 0 radical (unpaired) electrons. The molecule has 0 fully saturated rings. The van der Waals surface area contributed by atoms with E-state index < -0.39 is 6.03 Å². The molecule has 4 nitrogen and oxygen atoms in total. The summed E-state index contributed by atoms with van der Waals surface area (Å²) in [4.78, 5) is 10.7. The van der Waals surface area contributed by atoms with Crippen LogP contribution in [0.4, 0.5) is 4.79 Å². The Morgan fingerprint density at radius 1 is 1.61 bits per heavy atom. The van der Waals surface area contributed by atoms with Gasteiger partial charge in [0.15, 0.2) is 0 Å². The van der Waals surface area contributed by atoms with Crippen molar-refractivity contribution in [1.82, 2.24) is 5.43 Å². The quantitative estimate of drug-likeness (QED) is 0.450. The highest BCUT2D eigenvalue weighted by molar-refractivity contribution is 5.90. The smallest absolute Gasteiger partial charge is 0.332 e. The number of hydrogen-bond donors (Lipinski definition) is 2. The fourth-order valence-electron chi connectivity index (χ4n) is 2.54. The van der Waals surface area contributed by atoms with Gasteiger partial charge in [0.2, 0.25) is 0 Å². The predicted molar refractivity (Wildman–Crippen MR) is 75.3 cm³/mol. The van der Waals surface area contributed by atoms with Crippen molar-refractivity contribution in [3.63, 3.8) is 0 Å². The molecule has 0 saturated carbocycles. The maximum Gasteiger partial charge on any atom is 0.332 e. The number of carbonyl (C=O) groups is 1. The standard InChI is InChI=1S/C14H25N3O/c1-5-13(16-17-14(15)18)12-8-11(9(2)3)7-6-10(12)4/h6,9,11-12H,5,7-8H2,1-4H3,(H3,15,17,18). The fraction of sp³-hybridized carbons (Fsp3) is 0.714. The number of nitrogens with zero attached hydrogens (tertiary/aromatic N) is 1. The third-order valence-corrected chi connectivity index (χ3v) is 3.85.